The Hall–Kier alpha value is -2.30. The Morgan fingerprint density at radius 1 is 0.610 bits per heavy atom. The lowest BCUT2D eigenvalue weighted by Gasteiger charge is -2.33. The highest BCUT2D eigenvalue weighted by Crippen LogP contribution is 2.41. The zero-order valence-corrected chi connectivity index (χ0v) is 24.5. The molecule has 3 aliphatic carbocycles. The minimum Gasteiger partial charge on any atom is -0.465 e. The number of esters is 4. The van der Waals surface area contributed by atoms with Gasteiger partial charge in [0, 0.05) is 0 Å². The van der Waals surface area contributed by atoms with Crippen LogP contribution in [0, 0.1) is 11.8 Å². The van der Waals surface area contributed by atoms with Crippen molar-refractivity contribution in [2.45, 2.75) is 113 Å². The fourth-order valence-electron chi connectivity index (χ4n) is 5.98. The molecule has 0 saturated heterocycles. The highest BCUT2D eigenvalue weighted by Gasteiger charge is 2.46. The molecule has 2 N–H and O–H groups in total. The van der Waals surface area contributed by atoms with Crippen LogP contribution in [0.1, 0.15) is 84.0 Å². The van der Waals surface area contributed by atoms with Crippen LogP contribution >= 0.6 is 0 Å². The summed E-state index contributed by atoms with van der Waals surface area (Å²) in [6.07, 6.45) is 5.09. The van der Waals surface area contributed by atoms with E-state index in [4.69, 9.17) is 14.2 Å². The summed E-state index contributed by atoms with van der Waals surface area (Å²) in [6.45, 7) is 1.20. The summed E-state index contributed by atoms with van der Waals surface area (Å²) in [5.41, 5.74) is 0. The SMILES string of the molecule is CCOC(=O)C(C(=O)OC1CCC(C2CCCC(OC(=O)C(C(=O)OC3CCCCC3)S(=O)(=O)O)C2)C1)S(=O)(=O)O. The second-order valence-electron chi connectivity index (χ2n) is 10.9. The Kier molecular flexibility index (Phi) is 11.5. The highest BCUT2D eigenvalue weighted by atomic mass is 32.2. The zero-order chi connectivity index (χ0) is 30.4. The van der Waals surface area contributed by atoms with Gasteiger partial charge in [-0.2, -0.15) is 16.8 Å². The molecule has 41 heavy (non-hydrogen) atoms. The van der Waals surface area contributed by atoms with Gasteiger partial charge in [0.25, 0.3) is 30.7 Å². The van der Waals surface area contributed by atoms with Crippen molar-refractivity contribution in [1.29, 1.82) is 0 Å². The van der Waals surface area contributed by atoms with E-state index in [-0.39, 0.29) is 18.4 Å². The summed E-state index contributed by atoms with van der Waals surface area (Å²) in [6, 6.07) is 0. The predicted octanol–water partition coefficient (Wildman–Crippen LogP) is 1.75. The van der Waals surface area contributed by atoms with Crippen molar-refractivity contribution >= 4 is 44.1 Å². The van der Waals surface area contributed by atoms with E-state index in [2.05, 4.69) is 4.74 Å². The molecule has 3 rings (SSSR count). The first kappa shape index (κ1) is 33.2. The molecule has 234 valence electrons. The van der Waals surface area contributed by atoms with Gasteiger partial charge in [0.1, 0.15) is 18.3 Å². The van der Waals surface area contributed by atoms with Gasteiger partial charge in [-0.05, 0) is 89.4 Å². The molecule has 0 aliphatic heterocycles. The molecule has 0 heterocycles. The van der Waals surface area contributed by atoms with E-state index in [9.17, 15) is 45.1 Å². The van der Waals surface area contributed by atoms with E-state index in [1.165, 1.54) is 6.92 Å². The second kappa shape index (κ2) is 14.2. The number of carbonyl (C=O) groups excluding carboxylic acids is 4. The third-order valence-corrected chi connectivity index (χ3v) is 9.86. The van der Waals surface area contributed by atoms with Gasteiger partial charge in [-0.15, -0.1) is 0 Å². The molecule has 16 heteroatoms. The van der Waals surface area contributed by atoms with Crippen LogP contribution < -0.4 is 0 Å². The first-order valence-electron chi connectivity index (χ1n) is 13.9. The van der Waals surface area contributed by atoms with Crippen LogP contribution in [0.5, 0.6) is 0 Å². The molecule has 0 aromatic carbocycles. The monoisotopic (exact) mass is 626 g/mol. The molecule has 0 spiro atoms. The fraction of sp³-hybridized carbons (Fsp3) is 0.840. The number of hydrogen-bond acceptors (Lipinski definition) is 12. The molecule has 0 radical (unpaired) electrons. The molecule has 3 saturated carbocycles. The standard InChI is InChI=1S/C25H38O14S2/c1-2-36-22(26)20(40(30,31)32)23(27)39-19-12-11-16(14-19)15-7-6-10-18(13-15)38-25(29)21(41(33,34)35)24(28)37-17-8-4-3-5-9-17/h15-21H,2-14H2,1H3,(H,30,31,32)(H,33,34,35). The van der Waals surface area contributed by atoms with Gasteiger partial charge in [0.05, 0.1) is 6.61 Å². The van der Waals surface area contributed by atoms with Crippen LogP contribution in [0.15, 0.2) is 0 Å². The smallest absolute Gasteiger partial charge is 0.338 e. The minimum absolute atomic E-state index is 0.0188. The van der Waals surface area contributed by atoms with Gasteiger partial charge in [-0.3, -0.25) is 9.11 Å². The van der Waals surface area contributed by atoms with Crippen molar-refractivity contribution in [1.82, 2.24) is 0 Å². The van der Waals surface area contributed by atoms with Crippen LogP contribution in [0.2, 0.25) is 0 Å². The molecule has 14 nitrogen and oxygen atoms in total. The van der Waals surface area contributed by atoms with Crippen molar-refractivity contribution in [2.75, 3.05) is 6.61 Å². The van der Waals surface area contributed by atoms with Gasteiger partial charge < -0.3 is 18.9 Å². The molecule has 6 atom stereocenters. The van der Waals surface area contributed by atoms with Crippen molar-refractivity contribution in [3.05, 3.63) is 0 Å². The first-order chi connectivity index (χ1) is 19.2. The molecule has 0 aromatic rings. The maximum absolute atomic E-state index is 12.8. The lowest BCUT2D eigenvalue weighted by atomic mass is 9.78. The predicted molar refractivity (Wildman–Crippen MR) is 139 cm³/mol. The van der Waals surface area contributed by atoms with Crippen LogP contribution in [-0.2, 0) is 58.4 Å². The van der Waals surface area contributed by atoms with Gasteiger partial charge >= 0.3 is 23.9 Å². The Bertz CT molecular complexity index is 1170. The quantitative estimate of drug-likeness (QED) is 0.145. The summed E-state index contributed by atoms with van der Waals surface area (Å²) in [7, 11) is -10.2. The molecule has 0 amide bonds. The molecular weight excluding hydrogens is 588 g/mol. The normalized spacial score (nSPS) is 27.3. The van der Waals surface area contributed by atoms with Crippen molar-refractivity contribution < 1.29 is 64.1 Å². The van der Waals surface area contributed by atoms with Gasteiger partial charge in [-0.25, -0.2) is 19.2 Å². The maximum Gasteiger partial charge on any atom is 0.338 e. The largest absolute Gasteiger partial charge is 0.465 e. The Labute approximate surface area is 239 Å². The highest BCUT2D eigenvalue weighted by molar-refractivity contribution is 7.88. The molecule has 0 aromatic heterocycles. The molecule has 3 fully saturated rings. The second-order valence-corrected chi connectivity index (χ2v) is 13.9. The summed E-state index contributed by atoms with van der Waals surface area (Å²) in [4.78, 5) is 49.6. The van der Waals surface area contributed by atoms with Crippen molar-refractivity contribution in [3.63, 3.8) is 0 Å². The van der Waals surface area contributed by atoms with Crippen molar-refractivity contribution in [3.8, 4) is 0 Å². The third kappa shape index (κ3) is 9.35. The summed E-state index contributed by atoms with van der Waals surface area (Å²) in [5.74, 6) is -5.66. The zero-order valence-electron chi connectivity index (χ0n) is 22.8. The third-order valence-electron chi connectivity index (χ3n) is 7.90. The van der Waals surface area contributed by atoms with Gasteiger partial charge in [0.2, 0.25) is 0 Å². The van der Waals surface area contributed by atoms with Gasteiger partial charge in [-0.1, -0.05) is 6.42 Å². The Morgan fingerprint density at radius 2 is 1.05 bits per heavy atom. The van der Waals surface area contributed by atoms with Crippen LogP contribution in [0.4, 0.5) is 0 Å². The van der Waals surface area contributed by atoms with Crippen molar-refractivity contribution in [2.24, 2.45) is 11.8 Å². The first-order valence-corrected chi connectivity index (χ1v) is 16.9. The number of rotatable bonds is 11. The Balaban J connectivity index is 1.57. The molecule has 3 aliphatic rings. The van der Waals surface area contributed by atoms with Crippen LogP contribution in [0.25, 0.3) is 0 Å². The molecule has 0 bridgehead atoms. The van der Waals surface area contributed by atoms with E-state index in [1.54, 1.807) is 0 Å². The minimum atomic E-state index is -5.13. The topological polar surface area (TPSA) is 214 Å². The Morgan fingerprint density at radius 3 is 1.56 bits per heavy atom. The lowest BCUT2D eigenvalue weighted by Crippen LogP contribution is -2.43. The average Bonchev–Trinajstić information content (AvgIpc) is 3.31. The molecule has 6 unspecified atom stereocenters. The lowest BCUT2D eigenvalue weighted by molar-refractivity contribution is -0.162. The number of hydrogen-bond donors (Lipinski definition) is 2. The molecular formula is C25H38O14S2. The number of carbonyl (C=O) groups is 4. The number of ether oxygens (including phenoxy) is 4. The van der Waals surface area contributed by atoms with E-state index >= 15 is 0 Å². The average molecular weight is 627 g/mol. The van der Waals surface area contributed by atoms with Gasteiger partial charge in [0.15, 0.2) is 0 Å². The summed E-state index contributed by atoms with van der Waals surface area (Å²) >= 11 is 0. The van der Waals surface area contributed by atoms with E-state index < -0.39 is 72.9 Å². The summed E-state index contributed by atoms with van der Waals surface area (Å²) < 4.78 is 86.3. The van der Waals surface area contributed by atoms with E-state index in [1.807, 2.05) is 0 Å². The summed E-state index contributed by atoms with van der Waals surface area (Å²) in [5, 5.41) is -4.99. The fourth-order valence-corrected chi connectivity index (χ4v) is 7.19. The maximum atomic E-state index is 12.8. The van der Waals surface area contributed by atoms with E-state index in [0.717, 1.165) is 25.7 Å². The van der Waals surface area contributed by atoms with E-state index in [0.29, 0.717) is 51.4 Å². The van der Waals surface area contributed by atoms with Crippen LogP contribution in [0.3, 0.4) is 0 Å². The van der Waals surface area contributed by atoms with Crippen LogP contribution in [-0.4, -0.2) is 85.2 Å².